The Morgan fingerprint density at radius 3 is 2.64 bits per heavy atom. The molecule has 0 saturated heterocycles. The molecule has 2 heterocycles. The van der Waals surface area contributed by atoms with Crippen molar-refractivity contribution in [2.24, 2.45) is 17.3 Å². The highest BCUT2D eigenvalue weighted by Crippen LogP contribution is 2.26. The summed E-state index contributed by atoms with van der Waals surface area (Å²) >= 11 is 0. The summed E-state index contributed by atoms with van der Waals surface area (Å²) < 4.78 is 3.72. The van der Waals surface area contributed by atoms with Gasteiger partial charge in [0.05, 0.1) is 18.4 Å². The van der Waals surface area contributed by atoms with E-state index in [0.717, 1.165) is 16.8 Å². The van der Waals surface area contributed by atoms with Gasteiger partial charge < -0.3 is 18.1 Å². The van der Waals surface area contributed by atoms with E-state index in [1.807, 2.05) is 55.2 Å². The Bertz CT molecular complexity index is 900. The molecule has 3 aromatic rings. The van der Waals surface area contributed by atoms with Crippen LogP contribution in [0.3, 0.4) is 0 Å². The van der Waals surface area contributed by atoms with Gasteiger partial charge in [0.2, 0.25) is 0 Å². The van der Waals surface area contributed by atoms with Crippen molar-refractivity contribution < 1.29 is 17.0 Å². The lowest BCUT2D eigenvalue weighted by Gasteiger charge is -2.03. The van der Waals surface area contributed by atoms with Crippen molar-refractivity contribution >= 4 is 17.2 Å². The monoisotopic (exact) mass is 356 g/mol. The van der Waals surface area contributed by atoms with E-state index in [-0.39, 0.29) is 12.4 Å². The van der Waals surface area contributed by atoms with Crippen molar-refractivity contribution in [1.82, 2.24) is 9.78 Å². The van der Waals surface area contributed by atoms with E-state index in [9.17, 15) is 0 Å². The third-order valence-electron chi connectivity index (χ3n) is 3.81. The maximum Gasteiger partial charge on any atom is 0.173 e. The zero-order valence-corrected chi connectivity index (χ0v) is 15.3. The highest BCUT2D eigenvalue weighted by atomic mass is 35.5. The summed E-state index contributed by atoms with van der Waals surface area (Å²) in [6.45, 7) is 4.67. The van der Waals surface area contributed by atoms with Gasteiger partial charge in [-0.1, -0.05) is 17.7 Å². The van der Waals surface area contributed by atoms with Crippen LogP contribution >= 0.6 is 0 Å². The van der Waals surface area contributed by atoms with E-state index >= 15 is 0 Å². The zero-order chi connectivity index (χ0) is 17.1. The molecule has 3 rings (SSSR count). The maximum absolute atomic E-state index is 6.16. The molecule has 0 bridgehead atoms. The summed E-state index contributed by atoms with van der Waals surface area (Å²) in [5.41, 5.74) is 11.0. The third kappa shape index (κ3) is 4.42. The number of azo groups is 1. The number of nitrogens with two attached hydrogens (primary N) is 1. The molecule has 0 aliphatic heterocycles. The second-order valence-corrected chi connectivity index (χ2v) is 5.94. The first-order valence-corrected chi connectivity index (χ1v) is 7.77. The average Bonchev–Trinajstić information content (AvgIpc) is 2.87. The fourth-order valence-corrected chi connectivity index (χ4v) is 2.53. The largest absolute Gasteiger partial charge is 1.00 e. The van der Waals surface area contributed by atoms with Crippen LogP contribution in [0.4, 0.5) is 17.2 Å². The fraction of sp³-hybridized carbons (Fsp3) is 0.222. The van der Waals surface area contributed by atoms with E-state index in [4.69, 9.17) is 5.73 Å². The lowest BCUT2D eigenvalue weighted by molar-refractivity contribution is -0.671. The molecule has 1 aromatic carbocycles. The molecule has 7 heteroatoms. The molecule has 25 heavy (non-hydrogen) atoms. The Hall–Kier alpha value is -2.73. The standard InChI is InChI=1S/C18H21N6.ClH/c1-13-6-7-16(14(2)9-13)21-22-17-10-20-24(18(17)19)12-15-5-4-8-23(3)11-15;/h4-11H,12,19H2,1-3H3;1H/q+1;/p-1. The van der Waals surface area contributed by atoms with Crippen LogP contribution in [0.25, 0.3) is 0 Å². The first kappa shape index (κ1) is 18.6. The Balaban J connectivity index is 0.00000225. The number of hydrogen-bond acceptors (Lipinski definition) is 4. The summed E-state index contributed by atoms with van der Waals surface area (Å²) in [7, 11) is 1.99. The molecule has 0 aliphatic rings. The molecule has 0 unspecified atom stereocenters. The minimum atomic E-state index is 0. The van der Waals surface area contributed by atoms with Crippen molar-refractivity contribution in [2.45, 2.75) is 20.4 Å². The Labute approximate surface area is 153 Å². The van der Waals surface area contributed by atoms with Crippen LogP contribution in [0.1, 0.15) is 16.7 Å². The number of nitrogen functional groups attached to an aromatic ring is 1. The van der Waals surface area contributed by atoms with Crippen LogP contribution in [-0.2, 0) is 13.6 Å². The highest BCUT2D eigenvalue weighted by molar-refractivity contribution is 5.57. The van der Waals surface area contributed by atoms with Gasteiger partial charge in [-0.05, 0) is 31.5 Å². The first-order chi connectivity index (χ1) is 11.5. The Kier molecular flexibility index (Phi) is 5.88. The van der Waals surface area contributed by atoms with Crippen molar-refractivity contribution in [1.29, 1.82) is 0 Å². The molecule has 2 N–H and O–H groups in total. The summed E-state index contributed by atoms with van der Waals surface area (Å²) in [5.74, 6) is 0.509. The third-order valence-corrected chi connectivity index (χ3v) is 3.81. The molecule has 0 radical (unpaired) electrons. The van der Waals surface area contributed by atoms with Crippen LogP contribution in [0.5, 0.6) is 0 Å². The van der Waals surface area contributed by atoms with Crippen molar-refractivity contribution in [2.75, 3.05) is 5.73 Å². The van der Waals surface area contributed by atoms with Crippen LogP contribution in [0.15, 0.2) is 59.2 Å². The molecule has 6 nitrogen and oxygen atoms in total. The van der Waals surface area contributed by atoms with E-state index in [2.05, 4.69) is 28.3 Å². The van der Waals surface area contributed by atoms with Crippen LogP contribution in [0, 0.1) is 13.8 Å². The van der Waals surface area contributed by atoms with Gasteiger partial charge >= 0.3 is 0 Å². The SMILES string of the molecule is Cc1ccc(N=Nc2cnn(Cc3ccc[n+](C)c3)c2N)c(C)c1.[Cl-]. The van der Waals surface area contributed by atoms with Gasteiger partial charge in [-0.3, -0.25) is 0 Å². The molecule has 0 spiro atoms. The van der Waals surface area contributed by atoms with Crippen LogP contribution in [-0.4, -0.2) is 9.78 Å². The number of nitrogens with zero attached hydrogens (tertiary/aromatic N) is 5. The van der Waals surface area contributed by atoms with Gasteiger partial charge in [-0.25, -0.2) is 9.25 Å². The molecular weight excluding hydrogens is 336 g/mol. The quantitative estimate of drug-likeness (QED) is 0.542. The van der Waals surface area contributed by atoms with Crippen molar-refractivity contribution in [3.8, 4) is 0 Å². The predicted octanol–water partition coefficient (Wildman–Crippen LogP) is 0.374. The topological polar surface area (TPSA) is 72.4 Å². The van der Waals surface area contributed by atoms with Crippen LogP contribution in [0.2, 0.25) is 0 Å². The minimum Gasteiger partial charge on any atom is -1.00 e. The second kappa shape index (κ2) is 7.90. The maximum atomic E-state index is 6.16. The zero-order valence-electron chi connectivity index (χ0n) is 14.5. The normalized spacial score (nSPS) is 10.8. The molecule has 2 aromatic heterocycles. The van der Waals surface area contributed by atoms with E-state index in [1.165, 1.54) is 5.56 Å². The number of benzene rings is 1. The second-order valence-electron chi connectivity index (χ2n) is 5.94. The number of rotatable bonds is 4. The Morgan fingerprint density at radius 2 is 1.92 bits per heavy atom. The smallest absolute Gasteiger partial charge is 0.173 e. The van der Waals surface area contributed by atoms with Gasteiger partial charge in [0.25, 0.3) is 0 Å². The van der Waals surface area contributed by atoms with Gasteiger partial charge in [0, 0.05) is 11.6 Å². The molecule has 0 atom stereocenters. The Morgan fingerprint density at radius 1 is 1.16 bits per heavy atom. The number of halogens is 1. The average molecular weight is 357 g/mol. The predicted molar refractivity (Wildman–Crippen MR) is 93.5 cm³/mol. The summed E-state index contributed by atoms with van der Waals surface area (Å²) in [6, 6.07) is 10.1. The number of anilines is 1. The highest BCUT2D eigenvalue weighted by Gasteiger charge is 2.09. The number of pyridine rings is 1. The number of aromatic nitrogens is 3. The molecular formula is C18H21ClN6. The van der Waals surface area contributed by atoms with Gasteiger partial charge in [-0.2, -0.15) is 10.2 Å². The van der Waals surface area contributed by atoms with Gasteiger partial charge in [0.15, 0.2) is 12.4 Å². The summed E-state index contributed by atoms with van der Waals surface area (Å²) in [6.07, 6.45) is 5.67. The van der Waals surface area contributed by atoms with Crippen molar-refractivity contribution in [3.05, 3.63) is 65.6 Å². The number of hydrogen-bond donors (Lipinski definition) is 1. The molecule has 0 aliphatic carbocycles. The van der Waals surface area contributed by atoms with E-state index in [0.29, 0.717) is 18.1 Å². The van der Waals surface area contributed by atoms with Gasteiger partial charge in [-0.15, -0.1) is 5.11 Å². The van der Waals surface area contributed by atoms with E-state index in [1.54, 1.807) is 10.9 Å². The van der Waals surface area contributed by atoms with Crippen molar-refractivity contribution in [3.63, 3.8) is 0 Å². The molecule has 0 saturated carbocycles. The van der Waals surface area contributed by atoms with Crippen LogP contribution < -0.4 is 22.7 Å². The summed E-state index contributed by atoms with van der Waals surface area (Å²) in [4.78, 5) is 0. The minimum absolute atomic E-state index is 0. The molecule has 130 valence electrons. The van der Waals surface area contributed by atoms with Gasteiger partial charge in [0.1, 0.15) is 18.6 Å². The lowest BCUT2D eigenvalue weighted by atomic mass is 10.1. The summed E-state index contributed by atoms with van der Waals surface area (Å²) in [5, 5.41) is 12.9. The first-order valence-electron chi connectivity index (χ1n) is 7.77. The lowest BCUT2D eigenvalue weighted by Crippen LogP contribution is -3.00. The molecule has 0 amide bonds. The number of aryl methyl sites for hydroxylation is 3. The fourth-order valence-electron chi connectivity index (χ4n) is 2.53. The molecule has 0 fully saturated rings. The van der Waals surface area contributed by atoms with E-state index < -0.39 is 0 Å².